The van der Waals surface area contributed by atoms with Crippen LogP contribution in [-0.4, -0.2) is 22.3 Å². The smallest absolute Gasteiger partial charge is 0.249 e. The number of pyridine rings is 1. The molecule has 0 saturated heterocycles. The molecule has 0 aliphatic carbocycles. The van der Waals surface area contributed by atoms with Crippen molar-refractivity contribution in [2.75, 3.05) is 5.32 Å². The second-order valence-corrected chi connectivity index (χ2v) is 6.05. The van der Waals surface area contributed by atoms with Crippen molar-refractivity contribution >= 4 is 29.1 Å². The van der Waals surface area contributed by atoms with Gasteiger partial charge in [0, 0.05) is 11.9 Å². The van der Waals surface area contributed by atoms with Gasteiger partial charge in [0.2, 0.25) is 11.8 Å². The maximum atomic E-state index is 12.3. The number of carbonyl (C=O) groups excluding carboxylic acids is 2. The fourth-order valence-corrected chi connectivity index (χ4v) is 2.07. The topological polar surface area (TPSA) is 71.1 Å². The van der Waals surface area contributed by atoms with Crippen LogP contribution in [0.2, 0.25) is 5.15 Å². The summed E-state index contributed by atoms with van der Waals surface area (Å²) in [5.41, 5.74) is 0.375. The van der Waals surface area contributed by atoms with Crippen LogP contribution in [0.4, 0.5) is 5.69 Å². The quantitative estimate of drug-likeness (QED) is 0.828. The molecule has 0 aliphatic rings. The van der Waals surface area contributed by atoms with Crippen molar-refractivity contribution in [2.45, 2.75) is 25.8 Å². The molecule has 2 amide bonds. The number of amides is 2. The second-order valence-electron chi connectivity index (χ2n) is 5.66. The number of carbonyl (C=O) groups is 2. The summed E-state index contributed by atoms with van der Waals surface area (Å²) < 4.78 is 0. The van der Waals surface area contributed by atoms with Crippen molar-refractivity contribution in [3.63, 3.8) is 0 Å². The first-order valence-corrected chi connectivity index (χ1v) is 7.52. The molecule has 2 aromatic rings. The first-order valence-electron chi connectivity index (χ1n) is 7.15. The molecule has 120 valence electrons. The van der Waals surface area contributed by atoms with E-state index in [0.717, 1.165) is 5.56 Å². The van der Waals surface area contributed by atoms with Gasteiger partial charge in [0.25, 0.3) is 0 Å². The summed E-state index contributed by atoms with van der Waals surface area (Å²) in [5.74, 6) is -0.548. The summed E-state index contributed by atoms with van der Waals surface area (Å²) in [6.45, 7) is 3.31. The van der Waals surface area contributed by atoms with E-state index in [2.05, 4.69) is 15.6 Å². The highest BCUT2D eigenvalue weighted by Gasteiger charge is 2.29. The fourth-order valence-electron chi connectivity index (χ4n) is 1.95. The van der Waals surface area contributed by atoms with Gasteiger partial charge < -0.3 is 10.6 Å². The molecule has 2 rings (SSSR count). The second kappa shape index (κ2) is 7.24. The molecule has 1 aromatic carbocycles. The molecule has 5 nitrogen and oxygen atoms in total. The Morgan fingerprint density at radius 3 is 2.43 bits per heavy atom. The van der Waals surface area contributed by atoms with Crippen LogP contribution in [0.1, 0.15) is 19.4 Å². The summed E-state index contributed by atoms with van der Waals surface area (Å²) >= 11 is 5.71. The first kappa shape index (κ1) is 17.0. The van der Waals surface area contributed by atoms with Crippen LogP contribution in [0, 0.1) is 0 Å². The summed E-state index contributed by atoms with van der Waals surface area (Å²) in [5, 5.41) is 5.88. The predicted octanol–water partition coefficient (Wildman–Crippen LogP) is 2.81. The Bertz CT molecular complexity index is 685. The van der Waals surface area contributed by atoms with Crippen molar-refractivity contribution in [1.29, 1.82) is 0 Å². The monoisotopic (exact) mass is 331 g/mol. The number of hydrogen-bond donors (Lipinski definition) is 2. The number of anilines is 1. The Balaban J connectivity index is 1.95. The maximum absolute atomic E-state index is 12.3. The van der Waals surface area contributed by atoms with Gasteiger partial charge >= 0.3 is 0 Å². The number of hydrogen-bond acceptors (Lipinski definition) is 3. The lowest BCUT2D eigenvalue weighted by Crippen LogP contribution is -2.52. The van der Waals surface area contributed by atoms with Crippen LogP contribution in [0.3, 0.4) is 0 Å². The van der Waals surface area contributed by atoms with Gasteiger partial charge in [-0.3, -0.25) is 9.59 Å². The number of benzene rings is 1. The van der Waals surface area contributed by atoms with E-state index in [1.165, 1.54) is 0 Å². The minimum atomic E-state index is -1.03. The largest absolute Gasteiger partial charge is 0.342 e. The van der Waals surface area contributed by atoms with Gasteiger partial charge in [-0.25, -0.2) is 4.98 Å². The van der Waals surface area contributed by atoms with Crippen molar-refractivity contribution in [1.82, 2.24) is 10.3 Å². The summed E-state index contributed by atoms with van der Waals surface area (Å²) in [6.07, 6.45) is 1.67. The highest BCUT2D eigenvalue weighted by molar-refractivity contribution is 6.29. The molecule has 23 heavy (non-hydrogen) atoms. The SMILES string of the molecule is CC(C)(NC(=O)Cc1ccc(Cl)nc1)C(=O)Nc1ccccc1. The van der Waals surface area contributed by atoms with E-state index in [1.807, 2.05) is 18.2 Å². The van der Waals surface area contributed by atoms with Gasteiger partial charge in [-0.2, -0.15) is 0 Å². The highest BCUT2D eigenvalue weighted by atomic mass is 35.5. The van der Waals surface area contributed by atoms with Crippen LogP contribution in [0.5, 0.6) is 0 Å². The molecule has 0 fully saturated rings. The standard InChI is InChI=1S/C17H18ClN3O2/c1-17(2,16(23)20-13-6-4-3-5-7-13)21-15(22)10-12-8-9-14(18)19-11-12/h3-9,11H,10H2,1-2H3,(H,20,23)(H,21,22). The van der Waals surface area contributed by atoms with Crippen LogP contribution in [0.25, 0.3) is 0 Å². The Morgan fingerprint density at radius 1 is 1.13 bits per heavy atom. The summed E-state index contributed by atoms with van der Waals surface area (Å²) in [6, 6.07) is 12.4. The van der Waals surface area contributed by atoms with Crippen molar-refractivity contribution in [3.8, 4) is 0 Å². The lowest BCUT2D eigenvalue weighted by Gasteiger charge is -2.25. The number of rotatable bonds is 5. The van der Waals surface area contributed by atoms with E-state index in [4.69, 9.17) is 11.6 Å². The minimum absolute atomic E-state index is 0.131. The lowest BCUT2D eigenvalue weighted by molar-refractivity contribution is -0.128. The maximum Gasteiger partial charge on any atom is 0.249 e. The Labute approximate surface area is 140 Å². The third-order valence-corrected chi connectivity index (χ3v) is 3.43. The zero-order valence-electron chi connectivity index (χ0n) is 13.0. The van der Waals surface area contributed by atoms with Crippen LogP contribution >= 0.6 is 11.6 Å². The van der Waals surface area contributed by atoms with Gasteiger partial charge in [0.1, 0.15) is 10.7 Å². The van der Waals surface area contributed by atoms with Gasteiger partial charge in [0.15, 0.2) is 0 Å². The van der Waals surface area contributed by atoms with Gasteiger partial charge in [-0.15, -0.1) is 0 Å². The Kier molecular flexibility index (Phi) is 5.34. The molecular formula is C17H18ClN3O2. The predicted molar refractivity (Wildman–Crippen MR) is 90.2 cm³/mol. The zero-order chi connectivity index (χ0) is 16.9. The summed E-state index contributed by atoms with van der Waals surface area (Å²) in [7, 11) is 0. The van der Waals surface area contributed by atoms with Crippen molar-refractivity contribution in [3.05, 3.63) is 59.4 Å². The molecule has 2 N–H and O–H groups in total. The molecule has 0 aliphatic heterocycles. The van der Waals surface area contributed by atoms with Gasteiger partial charge in [0.05, 0.1) is 6.42 Å². The molecule has 0 unspecified atom stereocenters. The number of nitrogens with one attached hydrogen (secondary N) is 2. The van der Waals surface area contributed by atoms with E-state index in [1.54, 1.807) is 44.3 Å². The average molecular weight is 332 g/mol. The van der Waals surface area contributed by atoms with E-state index in [0.29, 0.717) is 10.8 Å². The van der Waals surface area contributed by atoms with E-state index in [9.17, 15) is 9.59 Å². The molecule has 1 heterocycles. The highest BCUT2D eigenvalue weighted by Crippen LogP contribution is 2.11. The van der Waals surface area contributed by atoms with E-state index in [-0.39, 0.29) is 18.2 Å². The van der Waals surface area contributed by atoms with Gasteiger partial charge in [-0.05, 0) is 37.6 Å². The molecule has 1 aromatic heterocycles. The van der Waals surface area contributed by atoms with Crippen molar-refractivity contribution < 1.29 is 9.59 Å². The normalized spacial score (nSPS) is 10.9. The molecule has 0 radical (unpaired) electrons. The number of nitrogens with zero attached hydrogens (tertiary/aromatic N) is 1. The summed E-state index contributed by atoms with van der Waals surface area (Å²) in [4.78, 5) is 28.4. The number of aromatic nitrogens is 1. The molecule has 6 heteroatoms. The lowest BCUT2D eigenvalue weighted by atomic mass is 10.0. The average Bonchev–Trinajstić information content (AvgIpc) is 2.50. The number of para-hydroxylation sites is 1. The molecule has 0 atom stereocenters. The van der Waals surface area contributed by atoms with E-state index < -0.39 is 5.54 Å². The Morgan fingerprint density at radius 2 is 1.83 bits per heavy atom. The van der Waals surface area contributed by atoms with Crippen LogP contribution < -0.4 is 10.6 Å². The first-order chi connectivity index (χ1) is 10.9. The third kappa shape index (κ3) is 5.07. The minimum Gasteiger partial charge on any atom is -0.342 e. The van der Waals surface area contributed by atoms with Gasteiger partial charge in [-0.1, -0.05) is 35.9 Å². The molecule has 0 bridgehead atoms. The van der Waals surface area contributed by atoms with E-state index >= 15 is 0 Å². The molecule has 0 spiro atoms. The zero-order valence-corrected chi connectivity index (χ0v) is 13.7. The van der Waals surface area contributed by atoms with Crippen LogP contribution in [0.15, 0.2) is 48.7 Å². The Hall–Kier alpha value is -2.40. The fraction of sp³-hybridized carbons (Fsp3) is 0.235. The molecule has 0 saturated carbocycles. The van der Waals surface area contributed by atoms with Crippen molar-refractivity contribution in [2.24, 2.45) is 0 Å². The number of halogens is 1. The van der Waals surface area contributed by atoms with Crippen LogP contribution in [-0.2, 0) is 16.0 Å². The molecular weight excluding hydrogens is 314 g/mol. The third-order valence-electron chi connectivity index (χ3n) is 3.20.